The zero-order valence-corrected chi connectivity index (χ0v) is 18.5. The van der Waals surface area contributed by atoms with Gasteiger partial charge in [0.1, 0.15) is 19.3 Å². The maximum absolute atomic E-state index is 11.4. The van der Waals surface area contributed by atoms with Crippen LogP contribution < -0.4 is 9.47 Å². The lowest BCUT2D eigenvalue weighted by Gasteiger charge is -2.33. The predicted octanol–water partition coefficient (Wildman–Crippen LogP) is 3.64. The summed E-state index contributed by atoms with van der Waals surface area (Å²) in [6.07, 6.45) is 3.70. The maximum Gasteiger partial charge on any atom is 0.161 e. The van der Waals surface area contributed by atoms with Crippen LogP contribution >= 0.6 is 0 Å². The number of nitrogens with zero attached hydrogens (tertiary/aromatic N) is 4. The number of ether oxygens (including phenoxy) is 2. The van der Waals surface area contributed by atoms with Gasteiger partial charge < -0.3 is 19.5 Å². The van der Waals surface area contributed by atoms with Gasteiger partial charge in [-0.15, -0.1) is 0 Å². The van der Waals surface area contributed by atoms with E-state index in [9.17, 15) is 5.11 Å². The molecule has 32 heavy (non-hydrogen) atoms. The van der Waals surface area contributed by atoms with E-state index in [1.54, 1.807) is 0 Å². The standard InChI is InChI=1S/C25H32N4O3/c30-25(20-9-11-23-24(16-20)32-15-14-31-23)22(18-28-12-4-5-13-28)29-17-21(26-27-29)10-8-19-6-2-1-3-7-19/h1-3,6-7,9,11,16,21-22,25,30H,4-5,8,10,12-15,17-18H2/t21?,22-,25-/m1/s1. The normalized spacial score (nSPS) is 22.3. The smallest absolute Gasteiger partial charge is 0.161 e. The molecule has 0 aromatic heterocycles. The summed E-state index contributed by atoms with van der Waals surface area (Å²) in [5.41, 5.74) is 2.16. The number of likely N-dealkylation sites (tertiary alicyclic amines) is 1. The van der Waals surface area contributed by atoms with Crippen LogP contribution in [-0.2, 0) is 6.42 Å². The van der Waals surface area contributed by atoms with Gasteiger partial charge in [-0.1, -0.05) is 41.6 Å². The Bertz CT molecular complexity index is 917. The van der Waals surface area contributed by atoms with Crippen molar-refractivity contribution in [1.82, 2.24) is 9.91 Å². The summed E-state index contributed by atoms with van der Waals surface area (Å²) in [7, 11) is 0. The Balaban J connectivity index is 1.28. The van der Waals surface area contributed by atoms with Crippen molar-refractivity contribution in [2.24, 2.45) is 10.3 Å². The predicted molar refractivity (Wildman–Crippen MR) is 122 cm³/mol. The molecule has 0 bridgehead atoms. The molecule has 1 N–H and O–H groups in total. The number of rotatable bonds is 8. The van der Waals surface area contributed by atoms with Crippen LogP contribution in [0.3, 0.4) is 0 Å². The fraction of sp³-hybridized carbons (Fsp3) is 0.520. The fourth-order valence-electron chi connectivity index (χ4n) is 4.81. The molecule has 3 aliphatic rings. The molecule has 170 valence electrons. The molecule has 5 rings (SSSR count). The van der Waals surface area contributed by atoms with Crippen molar-refractivity contribution in [3.63, 3.8) is 0 Å². The Morgan fingerprint density at radius 3 is 2.59 bits per heavy atom. The van der Waals surface area contributed by atoms with Gasteiger partial charge in [-0.3, -0.25) is 5.01 Å². The highest BCUT2D eigenvalue weighted by Crippen LogP contribution is 2.35. The first-order valence-electron chi connectivity index (χ1n) is 11.8. The number of aryl methyl sites for hydroxylation is 1. The van der Waals surface area contributed by atoms with Gasteiger partial charge in [0.15, 0.2) is 11.5 Å². The van der Waals surface area contributed by atoms with Gasteiger partial charge in [0.05, 0.1) is 18.6 Å². The molecule has 7 nitrogen and oxygen atoms in total. The van der Waals surface area contributed by atoms with E-state index in [0.717, 1.165) is 50.3 Å². The van der Waals surface area contributed by atoms with E-state index in [2.05, 4.69) is 39.5 Å². The highest BCUT2D eigenvalue weighted by atomic mass is 16.6. The summed E-state index contributed by atoms with van der Waals surface area (Å²) < 4.78 is 11.4. The topological polar surface area (TPSA) is 69.9 Å². The molecule has 1 fully saturated rings. The Hall–Kier alpha value is -2.64. The Labute approximate surface area is 189 Å². The first kappa shape index (κ1) is 21.2. The summed E-state index contributed by atoms with van der Waals surface area (Å²) in [6.45, 7) is 4.77. The van der Waals surface area contributed by atoms with Crippen LogP contribution in [0.1, 0.15) is 36.5 Å². The monoisotopic (exact) mass is 436 g/mol. The van der Waals surface area contributed by atoms with E-state index < -0.39 is 6.10 Å². The van der Waals surface area contributed by atoms with Gasteiger partial charge >= 0.3 is 0 Å². The minimum Gasteiger partial charge on any atom is -0.486 e. The first-order chi connectivity index (χ1) is 15.8. The molecule has 1 saturated heterocycles. The number of fused-ring (bicyclic) bond motifs is 1. The molecule has 0 amide bonds. The van der Waals surface area contributed by atoms with Gasteiger partial charge in [0, 0.05) is 6.54 Å². The van der Waals surface area contributed by atoms with Crippen molar-refractivity contribution in [3.05, 3.63) is 59.7 Å². The average Bonchev–Trinajstić information content (AvgIpc) is 3.53. The van der Waals surface area contributed by atoms with Crippen molar-refractivity contribution < 1.29 is 14.6 Å². The number of hydrogen-bond acceptors (Lipinski definition) is 7. The highest BCUT2D eigenvalue weighted by molar-refractivity contribution is 5.44. The molecule has 0 spiro atoms. The van der Waals surface area contributed by atoms with E-state index in [1.807, 2.05) is 29.3 Å². The third-order valence-corrected chi connectivity index (χ3v) is 6.64. The fourth-order valence-corrected chi connectivity index (χ4v) is 4.81. The van der Waals surface area contributed by atoms with E-state index in [4.69, 9.17) is 9.47 Å². The molecule has 3 aliphatic heterocycles. The van der Waals surface area contributed by atoms with Gasteiger partial charge in [-0.25, -0.2) is 0 Å². The minimum absolute atomic E-state index is 0.152. The van der Waals surface area contributed by atoms with Crippen molar-refractivity contribution in [1.29, 1.82) is 0 Å². The van der Waals surface area contributed by atoms with Gasteiger partial charge in [-0.2, -0.15) is 5.11 Å². The van der Waals surface area contributed by atoms with E-state index in [0.29, 0.717) is 19.0 Å². The third-order valence-electron chi connectivity index (χ3n) is 6.64. The van der Waals surface area contributed by atoms with Crippen LogP contribution in [0.2, 0.25) is 0 Å². The summed E-state index contributed by atoms with van der Waals surface area (Å²) in [6, 6.07) is 16.3. The second-order valence-electron chi connectivity index (χ2n) is 8.93. The second kappa shape index (κ2) is 9.88. The zero-order chi connectivity index (χ0) is 21.8. The molecule has 2 aromatic rings. The van der Waals surface area contributed by atoms with Gasteiger partial charge in [-0.05, 0) is 62.0 Å². The molecule has 7 heteroatoms. The lowest BCUT2D eigenvalue weighted by atomic mass is 9.99. The number of aliphatic hydroxyl groups is 1. The summed E-state index contributed by atoms with van der Waals surface area (Å²) in [5, 5.41) is 22.5. The highest BCUT2D eigenvalue weighted by Gasteiger charge is 2.34. The Morgan fingerprint density at radius 2 is 1.78 bits per heavy atom. The summed E-state index contributed by atoms with van der Waals surface area (Å²) in [4.78, 5) is 2.43. The second-order valence-corrected chi connectivity index (χ2v) is 8.93. The molecule has 3 heterocycles. The zero-order valence-electron chi connectivity index (χ0n) is 18.5. The molecule has 3 atom stereocenters. The Morgan fingerprint density at radius 1 is 1.00 bits per heavy atom. The first-order valence-corrected chi connectivity index (χ1v) is 11.8. The Kier molecular flexibility index (Phi) is 6.55. The lowest BCUT2D eigenvalue weighted by molar-refractivity contribution is 0.0342. The number of benzene rings is 2. The van der Waals surface area contributed by atoms with Crippen LogP contribution in [-0.4, -0.2) is 66.5 Å². The molecule has 0 saturated carbocycles. The van der Waals surface area contributed by atoms with Crippen LogP contribution in [0.25, 0.3) is 0 Å². The lowest BCUT2D eigenvalue weighted by Crippen LogP contribution is -2.45. The summed E-state index contributed by atoms with van der Waals surface area (Å²) >= 11 is 0. The molecule has 0 aliphatic carbocycles. The van der Waals surface area contributed by atoms with Crippen molar-refractivity contribution in [3.8, 4) is 11.5 Å². The van der Waals surface area contributed by atoms with E-state index in [-0.39, 0.29) is 12.1 Å². The quantitative estimate of drug-likeness (QED) is 0.684. The molecule has 1 unspecified atom stereocenters. The van der Waals surface area contributed by atoms with E-state index in [1.165, 1.54) is 18.4 Å². The van der Waals surface area contributed by atoms with Crippen molar-refractivity contribution in [2.45, 2.75) is 43.9 Å². The summed E-state index contributed by atoms with van der Waals surface area (Å²) in [5.74, 6) is 1.45. The van der Waals surface area contributed by atoms with Crippen LogP contribution in [0.5, 0.6) is 11.5 Å². The number of hydrogen-bond donors (Lipinski definition) is 1. The molecule has 0 radical (unpaired) electrons. The molecular formula is C25H32N4O3. The van der Waals surface area contributed by atoms with Crippen LogP contribution in [0.15, 0.2) is 58.9 Å². The van der Waals surface area contributed by atoms with Crippen molar-refractivity contribution >= 4 is 0 Å². The van der Waals surface area contributed by atoms with Crippen molar-refractivity contribution in [2.75, 3.05) is 39.4 Å². The van der Waals surface area contributed by atoms with E-state index >= 15 is 0 Å². The minimum atomic E-state index is -0.682. The SMILES string of the molecule is O[C@H](c1ccc2c(c1)OCCO2)[C@@H](CN1CCCC1)N1CC(CCc2ccccc2)N=N1. The number of aliphatic hydroxyl groups excluding tert-OH is 1. The molecule has 2 aromatic carbocycles. The van der Waals surface area contributed by atoms with Crippen LogP contribution in [0.4, 0.5) is 0 Å². The van der Waals surface area contributed by atoms with Crippen LogP contribution in [0, 0.1) is 0 Å². The third kappa shape index (κ3) is 4.89. The average molecular weight is 437 g/mol. The largest absolute Gasteiger partial charge is 0.486 e. The van der Waals surface area contributed by atoms with Gasteiger partial charge in [0.25, 0.3) is 0 Å². The molecular weight excluding hydrogens is 404 g/mol. The maximum atomic E-state index is 11.4. The van der Waals surface area contributed by atoms with Gasteiger partial charge in [0.2, 0.25) is 0 Å².